The second kappa shape index (κ2) is 14.5. The van der Waals surface area contributed by atoms with Crippen LogP contribution in [0.5, 0.6) is 0 Å². The van der Waals surface area contributed by atoms with E-state index in [1.807, 2.05) is 0 Å². The lowest BCUT2D eigenvalue weighted by Crippen LogP contribution is -2.27. The molecule has 0 radical (unpaired) electrons. The Labute approximate surface area is 156 Å². The average Bonchev–Trinajstić information content (AvgIpc) is 2.67. The van der Waals surface area contributed by atoms with Crippen molar-refractivity contribution in [2.75, 3.05) is 26.4 Å². The van der Waals surface area contributed by atoms with Gasteiger partial charge in [0.15, 0.2) is 0 Å². The number of hydrogen-bond donors (Lipinski definition) is 0. The Morgan fingerprint density at radius 2 is 1.04 bits per heavy atom. The smallest absolute Gasteiger partial charge is 0.330 e. The van der Waals surface area contributed by atoms with Crippen LogP contribution in [0.25, 0.3) is 0 Å². The summed E-state index contributed by atoms with van der Waals surface area (Å²) in [5.41, 5.74) is 0. The van der Waals surface area contributed by atoms with Crippen LogP contribution in [0.2, 0.25) is 0 Å². The first-order chi connectivity index (χ1) is 12.7. The van der Waals surface area contributed by atoms with Crippen molar-refractivity contribution in [1.82, 2.24) is 0 Å². The molecule has 6 heteroatoms. The van der Waals surface area contributed by atoms with E-state index in [-0.39, 0.29) is 11.9 Å². The summed E-state index contributed by atoms with van der Waals surface area (Å²) < 4.78 is 21.6. The normalized spacial score (nSPS) is 19.5. The maximum atomic E-state index is 10.9. The maximum absolute atomic E-state index is 10.9. The molecule has 1 aliphatic rings. The first-order valence-corrected chi connectivity index (χ1v) is 9.47. The summed E-state index contributed by atoms with van der Waals surface area (Å²) in [5, 5.41) is 0. The Kier molecular flexibility index (Phi) is 12.5. The second-order valence-electron chi connectivity index (χ2n) is 6.30. The highest BCUT2D eigenvalue weighted by Crippen LogP contribution is 2.23. The van der Waals surface area contributed by atoms with Crippen LogP contribution in [0.3, 0.4) is 0 Å². The summed E-state index contributed by atoms with van der Waals surface area (Å²) in [4.78, 5) is 21.8. The molecule has 0 heterocycles. The van der Waals surface area contributed by atoms with E-state index in [4.69, 9.17) is 18.9 Å². The molecule has 0 spiro atoms. The summed E-state index contributed by atoms with van der Waals surface area (Å²) in [5.74, 6) is -0.746. The molecule has 0 saturated heterocycles. The molecular weight excluding hydrogens is 336 g/mol. The highest BCUT2D eigenvalue weighted by Gasteiger charge is 2.21. The van der Waals surface area contributed by atoms with Gasteiger partial charge in [-0.25, -0.2) is 9.59 Å². The van der Waals surface area contributed by atoms with Crippen LogP contribution in [0.1, 0.15) is 51.4 Å². The molecule has 0 unspecified atom stereocenters. The average molecular weight is 368 g/mol. The van der Waals surface area contributed by atoms with Crippen molar-refractivity contribution in [3.63, 3.8) is 0 Å². The molecule has 0 aromatic carbocycles. The first kappa shape index (κ1) is 22.4. The first-order valence-electron chi connectivity index (χ1n) is 9.47. The molecule has 0 N–H and O–H groups in total. The van der Waals surface area contributed by atoms with E-state index in [9.17, 15) is 9.59 Å². The topological polar surface area (TPSA) is 71.1 Å². The van der Waals surface area contributed by atoms with E-state index >= 15 is 0 Å². The lowest BCUT2D eigenvalue weighted by molar-refractivity contribution is -0.138. The SMILES string of the molecule is C=CC(=O)OCCCCOC1CCC(OCCCCOC(=O)C=C)CC1. The van der Waals surface area contributed by atoms with Crippen molar-refractivity contribution in [1.29, 1.82) is 0 Å². The van der Waals surface area contributed by atoms with Gasteiger partial charge in [-0.3, -0.25) is 0 Å². The van der Waals surface area contributed by atoms with Gasteiger partial charge in [-0.15, -0.1) is 0 Å². The van der Waals surface area contributed by atoms with Gasteiger partial charge in [0, 0.05) is 25.4 Å². The predicted octanol–water partition coefficient (Wildman–Crippen LogP) is 3.35. The van der Waals surface area contributed by atoms with Crippen molar-refractivity contribution in [3.8, 4) is 0 Å². The summed E-state index contributed by atoms with van der Waals surface area (Å²) >= 11 is 0. The highest BCUT2D eigenvalue weighted by atomic mass is 16.5. The minimum atomic E-state index is -0.373. The Balaban J connectivity index is 1.92. The molecule has 0 aliphatic heterocycles. The number of carbonyl (C=O) groups excluding carboxylic acids is 2. The van der Waals surface area contributed by atoms with Gasteiger partial charge in [0.2, 0.25) is 0 Å². The molecule has 148 valence electrons. The standard InChI is InChI=1S/C20H32O6/c1-3-19(21)25-15-7-5-13-23-17-9-11-18(12-10-17)24-14-6-8-16-26-20(22)4-2/h3-4,17-18H,1-2,5-16H2. The molecule has 0 aromatic heterocycles. The Bertz CT molecular complexity index is 386. The van der Waals surface area contributed by atoms with Crippen molar-refractivity contribution in [2.45, 2.75) is 63.6 Å². The molecule has 26 heavy (non-hydrogen) atoms. The van der Waals surface area contributed by atoms with Gasteiger partial charge in [0.05, 0.1) is 25.4 Å². The minimum absolute atomic E-state index is 0.309. The van der Waals surface area contributed by atoms with Gasteiger partial charge < -0.3 is 18.9 Å². The van der Waals surface area contributed by atoms with E-state index in [1.54, 1.807) is 0 Å². The predicted molar refractivity (Wildman–Crippen MR) is 98.7 cm³/mol. The zero-order valence-corrected chi connectivity index (χ0v) is 15.7. The summed E-state index contributed by atoms with van der Waals surface area (Å²) in [6, 6.07) is 0. The van der Waals surface area contributed by atoms with E-state index < -0.39 is 0 Å². The molecule has 1 saturated carbocycles. The molecule has 0 amide bonds. The van der Waals surface area contributed by atoms with E-state index in [1.165, 1.54) is 12.2 Å². The molecule has 1 fully saturated rings. The fraction of sp³-hybridized carbons (Fsp3) is 0.700. The zero-order valence-electron chi connectivity index (χ0n) is 15.7. The van der Waals surface area contributed by atoms with Gasteiger partial charge in [0.1, 0.15) is 0 Å². The van der Waals surface area contributed by atoms with Gasteiger partial charge >= 0.3 is 11.9 Å². The van der Waals surface area contributed by atoms with Crippen molar-refractivity contribution in [3.05, 3.63) is 25.3 Å². The fourth-order valence-electron chi connectivity index (χ4n) is 2.74. The van der Waals surface area contributed by atoms with Crippen molar-refractivity contribution in [2.24, 2.45) is 0 Å². The zero-order chi connectivity index (χ0) is 19.0. The molecule has 1 rings (SSSR count). The molecule has 0 bridgehead atoms. The van der Waals surface area contributed by atoms with E-state index in [2.05, 4.69) is 13.2 Å². The highest BCUT2D eigenvalue weighted by molar-refractivity contribution is 5.81. The number of unbranched alkanes of at least 4 members (excludes halogenated alkanes) is 2. The van der Waals surface area contributed by atoms with Crippen molar-refractivity contribution >= 4 is 11.9 Å². The quantitative estimate of drug-likeness (QED) is 0.266. The number of carbonyl (C=O) groups is 2. The van der Waals surface area contributed by atoms with Crippen LogP contribution < -0.4 is 0 Å². The summed E-state index contributed by atoms with van der Waals surface area (Å²) in [6.45, 7) is 8.94. The third-order valence-corrected chi connectivity index (χ3v) is 4.23. The number of rotatable bonds is 14. The van der Waals surface area contributed by atoms with E-state index in [0.29, 0.717) is 38.6 Å². The largest absolute Gasteiger partial charge is 0.463 e. The summed E-state index contributed by atoms with van der Waals surface area (Å²) in [7, 11) is 0. The third kappa shape index (κ3) is 11.1. The monoisotopic (exact) mass is 368 g/mol. The number of hydrogen-bond acceptors (Lipinski definition) is 6. The van der Waals surface area contributed by atoms with Crippen LogP contribution in [0.15, 0.2) is 25.3 Å². The van der Waals surface area contributed by atoms with Crippen LogP contribution in [-0.4, -0.2) is 50.6 Å². The second-order valence-corrected chi connectivity index (χ2v) is 6.30. The Morgan fingerprint density at radius 3 is 1.38 bits per heavy atom. The molecule has 6 nitrogen and oxygen atoms in total. The Hall–Kier alpha value is -1.66. The van der Waals surface area contributed by atoms with Crippen LogP contribution in [-0.2, 0) is 28.5 Å². The third-order valence-electron chi connectivity index (χ3n) is 4.23. The molecule has 0 atom stereocenters. The van der Waals surface area contributed by atoms with Crippen LogP contribution in [0, 0.1) is 0 Å². The van der Waals surface area contributed by atoms with Gasteiger partial charge in [-0.05, 0) is 51.4 Å². The van der Waals surface area contributed by atoms with Crippen LogP contribution in [0.4, 0.5) is 0 Å². The van der Waals surface area contributed by atoms with Crippen molar-refractivity contribution < 1.29 is 28.5 Å². The number of ether oxygens (including phenoxy) is 4. The molecule has 1 aliphatic carbocycles. The minimum Gasteiger partial charge on any atom is -0.463 e. The molecular formula is C20H32O6. The van der Waals surface area contributed by atoms with Gasteiger partial charge in [0.25, 0.3) is 0 Å². The Morgan fingerprint density at radius 1 is 0.692 bits per heavy atom. The lowest BCUT2D eigenvalue weighted by Gasteiger charge is -2.28. The lowest BCUT2D eigenvalue weighted by atomic mass is 9.95. The van der Waals surface area contributed by atoms with Gasteiger partial charge in [-0.2, -0.15) is 0 Å². The number of esters is 2. The maximum Gasteiger partial charge on any atom is 0.330 e. The molecule has 0 aromatic rings. The van der Waals surface area contributed by atoms with Gasteiger partial charge in [-0.1, -0.05) is 13.2 Å². The van der Waals surface area contributed by atoms with E-state index in [0.717, 1.165) is 51.4 Å². The fourth-order valence-corrected chi connectivity index (χ4v) is 2.74. The van der Waals surface area contributed by atoms with Crippen LogP contribution >= 0.6 is 0 Å². The summed E-state index contributed by atoms with van der Waals surface area (Å²) in [6.07, 6.45) is 10.4.